The summed E-state index contributed by atoms with van der Waals surface area (Å²) in [6.45, 7) is 5.06. The van der Waals surface area contributed by atoms with E-state index < -0.39 is 23.3 Å². The molecule has 0 aliphatic carbocycles. The minimum absolute atomic E-state index is 0.142. The summed E-state index contributed by atoms with van der Waals surface area (Å²) in [7, 11) is 0. The maximum atomic E-state index is 12.8. The van der Waals surface area contributed by atoms with Gasteiger partial charge in [-0.05, 0) is 13.8 Å². The van der Waals surface area contributed by atoms with E-state index in [2.05, 4.69) is 0 Å². The molecule has 1 amide bonds. The Hall–Kier alpha value is -1.18. The first-order chi connectivity index (χ1) is 9.41. The number of ether oxygens (including phenoxy) is 2. The summed E-state index contributed by atoms with van der Waals surface area (Å²) >= 11 is 0. The Balaban J connectivity index is 2.19. The lowest BCUT2D eigenvalue weighted by molar-refractivity contribution is -0.149. The second kappa shape index (κ2) is 5.67. The average Bonchev–Trinajstić information content (AvgIpc) is 2.99. The zero-order chi connectivity index (χ0) is 14.9. The largest absolute Gasteiger partial charge is 0.481 e. The Morgan fingerprint density at radius 3 is 2.55 bits per heavy atom. The van der Waals surface area contributed by atoms with Gasteiger partial charge in [0, 0.05) is 12.6 Å². The number of amides is 1. The van der Waals surface area contributed by atoms with Crippen molar-refractivity contribution in [1.29, 1.82) is 0 Å². The molecule has 0 spiro atoms. The number of aliphatic carboxylic acids is 1. The molecule has 7 heteroatoms. The molecule has 0 aromatic carbocycles. The number of carboxylic acid groups (broad SMARTS) is 1. The highest BCUT2D eigenvalue weighted by atomic mass is 16.5. The molecule has 0 aromatic rings. The molecular weight excluding hydrogens is 264 g/mol. The molecule has 2 aliphatic heterocycles. The topological polar surface area (TPSA) is 102 Å². The molecule has 7 nitrogen and oxygen atoms in total. The van der Waals surface area contributed by atoms with E-state index in [4.69, 9.17) is 15.2 Å². The van der Waals surface area contributed by atoms with Gasteiger partial charge in [0.1, 0.15) is 5.92 Å². The van der Waals surface area contributed by atoms with Gasteiger partial charge in [-0.2, -0.15) is 0 Å². The van der Waals surface area contributed by atoms with Gasteiger partial charge in [0.15, 0.2) is 0 Å². The van der Waals surface area contributed by atoms with E-state index in [0.717, 1.165) is 0 Å². The van der Waals surface area contributed by atoms with Gasteiger partial charge in [-0.1, -0.05) is 0 Å². The Morgan fingerprint density at radius 2 is 2.05 bits per heavy atom. The highest BCUT2D eigenvalue weighted by Crippen LogP contribution is 2.32. The molecule has 2 rings (SSSR count). The van der Waals surface area contributed by atoms with Crippen molar-refractivity contribution in [3.05, 3.63) is 0 Å². The van der Waals surface area contributed by atoms with E-state index >= 15 is 0 Å². The SMILES string of the molecule is CCN(C(=O)C1(C)COCC1N)C1COCC1C(=O)O. The predicted molar refractivity (Wildman–Crippen MR) is 70.0 cm³/mol. The van der Waals surface area contributed by atoms with Crippen LogP contribution in [-0.4, -0.2) is 66.9 Å². The fourth-order valence-corrected chi connectivity index (χ4v) is 2.85. The van der Waals surface area contributed by atoms with Crippen LogP contribution in [0.3, 0.4) is 0 Å². The van der Waals surface area contributed by atoms with Gasteiger partial charge < -0.3 is 25.2 Å². The quantitative estimate of drug-likeness (QED) is 0.708. The molecule has 0 bridgehead atoms. The van der Waals surface area contributed by atoms with Crippen LogP contribution in [0, 0.1) is 11.3 Å². The minimum Gasteiger partial charge on any atom is -0.481 e. The maximum absolute atomic E-state index is 12.8. The molecule has 2 aliphatic rings. The molecule has 4 atom stereocenters. The number of nitrogens with zero attached hydrogens (tertiary/aromatic N) is 1. The number of hydrogen-bond acceptors (Lipinski definition) is 5. The van der Waals surface area contributed by atoms with Crippen LogP contribution in [0.25, 0.3) is 0 Å². The molecule has 114 valence electrons. The van der Waals surface area contributed by atoms with Gasteiger partial charge in [0.05, 0.1) is 37.9 Å². The second-order valence-corrected chi connectivity index (χ2v) is 5.68. The Morgan fingerprint density at radius 1 is 1.35 bits per heavy atom. The van der Waals surface area contributed by atoms with Crippen LogP contribution in [0.15, 0.2) is 0 Å². The summed E-state index contributed by atoms with van der Waals surface area (Å²) in [5.74, 6) is -1.76. The summed E-state index contributed by atoms with van der Waals surface area (Å²) < 4.78 is 10.6. The van der Waals surface area contributed by atoms with E-state index in [1.807, 2.05) is 6.92 Å². The number of likely N-dealkylation sites (N-methyl/N-ethyl adjacent to an activating group) is 1. The van der Waals surface area contributed by atoms with Gasteiger partial charge in [0.25, 0.3) is 0 Å². The summed E-state index contributed by atoms with van der Waals surface area (Å²) in [6, 6.07) is -0.802. The highest BCUT2D eigenvalue weighted by Gasteiger charge is 2.49. The number of carbonyl (C=O) groups excluding carboxylic acids is 1. The highest BCUT2D eigenvalue weighted by molar-refractivity contribution is 5.85. The lowest BCUT2D eigenvalue weighted by Gasteiger charge is -2.36. The molecule has 0 radical (unpaired) electrons. The fourth-order valence-electron chi connectivity index (χ4n) is 2.85. The van der Waals surface area contributed by atoms with Crippen molar-refractivity contribution >= 4 is 11.9 Å². The third kappa shape index (κ3) is 2.41. The molecule has 20 heavy (non-hydrogen) atoms. The third-order valence-corrected chi connectivity index (χ3v) is 4.38. The smallest absolute Gasteiger partial charge is 0.311 e. The maximum Gasteiger partial charge on any atom is 0.311 e. The summed E-state index contributed by atoms with van der Waals surface area (Å²) in [6.07, 6.45) is 0. The van der Waals surface area contributed by atoms with Gasteiger partial charge in [-0.25, -0.2) is 0 Å². The third-order valence-electron chi connectivity index (χ3n) is 4.38. The summed E-state index contributed by atoms with van der Waals surface area (Å²) in [4.78, 5) is 25.6. The molecule has 4 unspecified atom stereocenters. The standard InChI is InChI=1S/C13H22N2O5/c1-3-15(9-5-19-4-8(9)11(16)17)12(18)13(2)7-20-6-10(13)14/h8-10H,3-7,14H2,1-2H3,(H,16,17). The predicted octanol–water partition coefficient (Wildman–Crippen LogP) is -0.702. The Bertz CT molecular complexity index is 402. The van der Waals surface area contributed by atoms with Crippen molar-refractivity contribution in [2.45, 2.75) is 25.9 Å². The summed E-state index contributed by atoms with van der Waals surface area (Å²) in [5, 5.41) is 9.22. The van der Waals surface area contributed by atoms with Gasteiger partial charge >= 0.3 is 5.97 Å². The van der Waals surface area contributed by atoms with Gasteiger partial charge in [-0.15, -0.1) is 0 Å². The number of carboxylic acids is 1. The number of rotatable bonds is 4. The van der Waals surface area contributed by atoms with E-state index in [9.17, 15) is 14.7 Å². The normalized spacial score (nSPS) is 37.0. The molecule has 3 N–H and O–H groups in total. The number of nitrogens with two attached hydrogens (primary N) is 1. The van der Waals surface area contributed by atoms with E-state index in [1.54, 1.807) is 11.8 Å². The van der Waals surface area contributed by atoms with E-state index in [-0.39, 0.29) is 31.8 Å². The fraction of sp³-hybridized carbons (Fsp3) is 0.846. The van der Waals surface area contributed by atoms with Crippen LogP contribution in [0.2, 0.25) is 0 Å². The van der Waals surface area contributed by atoms with Gasteiger partial charge in [-0.3, -0.25) is 9.59 Å². The van der Waals surface area contributed by atoms with E-state index in [0.29, 0.717) is 13.2 Å². The van der Waals surface area contributed by atoms with Crippen molar-refractivity contribution < 1.29 is 24.2 Å². The first-order valence-corrected chi connectivity index (χ1v) is 6.86. The molecule has 2 saturated heterocycles. The van der Waals surface area contributed by atoms with Crippen molar-refractivity contribution in [3.8, 4) is 0 Å². The van der Waals surface area contributed by atoms with Gasteiger partial charge in [0.2, 0.25) is 5.91 Å². The summed E-state index contributed by atoms with van der Waals surface area (Å²) in [5.41, 5.74) is 5.19. The van der Waals surface area contributed by atoms with Crippen molar-refractivity contribution in [2.24, 2.45) is 17.1 Å². The lowest BCUT2D eigenvalue weighted by atomic mass is 9.83. The number of hydrogen-bond donors (Lipinski definition) is 2. The zero-order valence-corrected chi connectivity index (χ0v) is 11.9. The average molecular weight is 286 g/mol. The van der Waals surface area contributed by atoms with Crippen LogP contribution >= 0.6 is 0 Å². The Kier molecular flexibility index (Phi) is 4.31. The van der Waals surface area contributed by atoms with Crippen LogP contribution in [-0.2, 0) is 19.1 Å². The van der Waals surface area contributed by atoms with E-state index in [1.165, 1.54) is 0 Å². The van der Waals surface area contributed by atoms with Crippen molar-refractivity contribution in [2.75, 3.05) is 33.0 Å². The lowest BCUT2D eigenvalue weighted by Crippen LogP contribution is -2.56. The first-order valence-electron chi connectivity index (χ1n) is 6.86. The first kappa shape index (κ1) is 15.2. The Labute approximate surface area is 118 Å². The van der Waals surface area contributed by atoms with Crippen LogP contribution < -0.4 is 5.73 Å². The van der Waals surface area contributed by atoms with Crippen molar-refractivity contribution in [1.82, 2.24) is 4.90 Å². The van der Waals surface area contributed by atoms with Crippen LogP contribution in [0.1, 0.15) is 13.8 Å². The minimum atomic E-state index is -0.934. The van der Waals surface area contributed by atoms with Crippen molar-refractivity contribution in [3.63, 3.8) is 0 Å². The van der Waals surface area contributed by atoms with Crippen LogP contribution in [0.4, 0.5) is 0 Å². The second-order valence-electron chi connectivity index (χ2n) is 5.68. The monoisotopic (exact) mass is 286 g/mol. The molecule has 2 heterocycles. The number of carbonyl (C=O) groups is 2. The molecule has 0 aromatic heterocycles. The molecule has 2 fully saturated rings. The zero-order valence-electron chi connectivity index (χ0n) is 11.9. The molecular formula is C13H22N2O5. The molecule has 0 saturated carbocycles. The van der Waals surface area contributed by atoms with Crippen LogP contribution in [0.5, 0.6) is 0 Å².